The molecule has 0 aliphatic rings. The first-order chi connectivity index (χ1) is 20.9. The molecule has 43 heavy (non-hydrogen) atoms. The second kappa shape index (κ2) is 31.3. The molecule has 6 heteroatoms. The minimum absolute atomic E-state index is 0.116. The summed E-state index contributed by atoms with van der Waals surface area (Å²) in [7, 11) is 0. The van der Waals surface area contributed by atoms with Crippen LogP contribution in [0.15, 0.2) is 48.6 Å². The average molecular weight is 605 g/mol. The molecule has 0 spiro atoms. The molecule has 0 aliphatic heterocycles. The second-order valence-electron chi connectivity index (χ2n) is 11.9. The maximum Gasteiger partial charge on any atom is 0.306 e. The van der Waals surface area contributed by atoms with E-state index in [0.717, 1.165) is 44.4 Å². The summed E-state index contributed by atoms with van der Waals surface area (Å²) >= 11 is 0. The number of aliphatic hydroxyl groups excluding tert-OH is 2. The first-order valence-electron chi connectivity index (χ1n) is 17.2. The second-order valence-corrected chi connectivity index (χ2v) is 11.9. The Morgan fingerprint density at radius 2 is 1.37 bits per heavy atom. The predicted molar refractivity (Wildman–Crippen MR) is 179 cm³/mol. The molecule has 0 amide bonds. The van der Waals surface area contributed by atoms with Crippen molar-refractivity contribution in [1.82, 2.24) is 0 Å². The highest BCUT2D eigenvalue weighted by Gasteiger charge is 2.16. The van der Waals surface area contributed by atoms with Crippen LogP contribution in [0.5, 0.6) is 0 Å². The minimum Gasteiger partial charge on any atom is -0.462 e. The Balaban J connectivity index is 3.79. The van der Waals surface area contributed by atoms with Gasteiger partial charge >= 0.3 is 11.9 Å². The monoisotopic (exact) mass is 604 g/mol. The van der Waals surface area contributed by atoms with Crippen LogP contribution in [0.1, 0.15) is 143 Å². The van der Waals surface area contributed by atoms with Crippen molar-refractivity contribution in [3.05, 3.63) is 48.6 Å². The van der Waals surface area contributed by atoms with Crippen LogP contribution in [0.25, 0.3) is 0 Å². The number of carbonyl (C=O) groups is 2. The average Bonchev–Trinajstić information content (AvgIpc) is 2.98. The lowest BCUT2D eigenvalue weighted by Gasteiger charge is -2.15. The van der Waals surface area contributed by atoms with Gasteiger partial charge in [0.15, 0.2) is 6.10 Å². The number of aliphatic hydroxyl groups is 2. The number of rotatable bonds is 29. The third-order valence-electron chi connectivity index (χ3n) is 7.13. The molecule has 0 rings (SSSR count). The summed E-state index contributed by atoms with van der Waals surface area (Å²) in [6, 6.07) is 0. The molecule has 0 saturated carbocycles. The molecule has 0 aromatic rings. The summed E-state index contributed by atoms with van der Waals surface area (Å²) in [5, 5.41) is 19.5. The topological polar surface area (TPSA) is 93.1 Å². The lowest BCUT2D eigenvalue weighted by molar-refractivity contribution is -0.161. The Hall–Kier alpha value is -2.18. The van der Waals surface area contributed by atoms with Gasteiger partial charge in [-0.2, -0.15) is 0 Å². The van der Waals surface area contributed by atoms with Gasteiger partial charge in [-0.15, -0.1) is 0 Å². The lowest BCUT2D eigenvalue weighted by atomic mass is 10.0. The first kappa shape index (κ1) is 40.8. The van der Waals surface area contributed by atoms with E-state index in [4.69, 9.17) is 9.47 Å². The van der Waals surface area contributed by atoms with E-state index < -0.39 is 12.2 Å². The van der Waals surface area contributed by atoms with Gasteiger partial charge in [0.1, 0.15) is 6.61 Å². The molecule has 0 radical (unpaired) electrons. The Bertz CT molecular complexity index is 767. The standard InChI is InChI=1S/C37H64O6/c1-4-5-6-7-11-17-22-27-34(39)28-23-18-13-10-15-19-24-29-36(40)42-32-35(31-38)43-37(41)30-25-20-14-9-8-12-16-21-26-33(2)3/h10-11,15,17-18,22-23,27,33-35,38-39H,4-9,12-14,16,19-21,24-26,28-32H2,1-3H3/b15-10+,17-11-,23-18-,27-22-/t34-,35+/m1/s1. The van der Waals surface area contributed by atoms with Crippen LogP contribution >= 0.6 is 0 Å². The quantitative estimate of drug-likeness (QED) is 0.0383. The van der Waals surface area contributed by atoms with E-state index in [0.29, 0.717) is 19.3 Å². The number of esters is 2. The van der Waals surface area contributed by atoms with Crippen molar-refractivity contribution in [3.63, 3.8) is 0 Å². The van der Waals surface area contributed by atoms with E-state index in [-0.39, 0.29) is 31.6 Å². The fourth-order valence-electron chi connectivity index (χ4n) is 4.46. The predicted octanol–water partition coefficient (Wildman–Crippen LogP) is 9.11. The third-order valence-corrected chi connectivity index (χ3v) is 7.13. The summed E-state index contributed by atoms with van der Waals surface area (Å²) in [5.74, 6) is 0.0898. The van der Waals surface area contributed by atoms with Crippen molar-refractivity contribution in [2.45, 2.75) is 155 Å². The fraction of sp³-hybridized carbons (Fsp3) is 0.730. The lowest BCUT2D eigenvalue weighted by Crippen LogP contribution is -2.28. The van der Waals surface area contributed by atoms with Gasteiger partial charge in [0.25, 0.3) is 0 Å². The van der Waals surface area contributed by atoms with Crippen molar-refractivity contribution in [1.29, 1.82) is 0 Å². The van der Waals surface area contributed by atoms with E-state index >= 15 is 0 Å². The summed E-state index contributed by atoms with van der Waals surface area (Å²) in [4.78, 5) is 24.1. The van der Waals surface area contributed by atoms with E-state index in [9.17, 15) is 19.8 Å². The highest BCUT2D eigenvalue weighted by molar-refractivity contribution is 5.70. The maximum absolute atomic E-state index is 12.1. The Morgan fingerprint density at radius 1 is 0.721 bits per heavy atom. The van der Waals surface area contributed by atoms with Crippen molar-refractivity contribution in [2.75, 3.05) is 13.2 Å². The van der Waals surface area contributed by atoms with E-state index in [2.05, 4.69) is 26.8 Å². The van der Waals surface area contributed by atoms with Crippen LogP contribution in [-0.4, -0.2) is 47.6 Å². The number of unbranched alkanes of at least 4 members (excludes halogenated alkanes) is 11. The number of allylic oxidation sites excluding steroid dienone is 6. The van der Waals surface area contributed by atoms with Crippen molar-refractivity contribution >= 4 is 11.9 Å². The molecule has 248 valence electrons. The molecule has 0 aromatic carbocycles. The van der Waals surface area contributed by atoms with E-state index in [1.54, 1.807) is 0 Å². The maximum atomic E-state index is 12.1. The molecule has 2 atom stereocenters. The summed E-state index contributed by atoms with van der Waals surface area (Å²) in [6.07, 6.45) is 33.4. The zero-order valence-corrected chi connectivity index (χ0v) is 27.7. The number of hydrogen-bond donors (Lipinski definition) is 2. The van der Waals surface area contributed by atoms with E-state index in [1.807, 2.05) is 42.5 Å². The highest BCUT2D eigenvalue weighted by Crippen LogP contribution is 2.13. The fourth-order valence-corrected chi connectivity index (χ4v) is 4.46. The number of carbonyl (C=O) groups excluding carboxylic acids is 2. The molecule has 0 heterocycles. The van der Waals surface area contributed by atoms with Crippen LogP contribution in [0.2, 0.25) is 0 Å². The molecule has 0 unspecified atom stereocenters. The van der Waals surface area contributed by atoms with Crippen molar-refractivity contribution in [3.8, 4) is 0 Å². The van der Waals surface area contributed by atoms with Gasteiger partial charge in [0.2, 0.25) is 0 Å². The Morgan fingerprint density at radius 3 is 2.07 bits per heavy atom. The molecule has 2 N–H and O–H groups in total. The molecule has 0 aliphatic carbocycles. The normalized spacial score (nSPS) is 13.6. The van der Waals surface area contributed by atoms with Gasteiger partial charge in [0.05, 0.1) is 12.7 Å². The van der Waals surface area contributed by atoms with Crippen LogP contribution in [0.4, 0.5) is 0 Å². The summed E-state index contributed by atoms with van der Waals surface area (Å²) in [5.41, 5.74) is 0. The van der Waals surface area contributed by atoms with Gasteiger partial charge in [-0.05, 0) is 50.9 Å². The molecule has 0 bridgehead atoms. The SMILES string of the molecule is CCCCC/C=C\C=C/[C@@H](O)C/C=C\C/C=C/CCCC(=O)OC[C@H](CO)OC(=O)CCCCCCCCCCC(C)C. The first-order valence-corrected chi connectivity index (χ1v) is 17.2. The largest absolute Gasteiger partial charge is 0.462 e. The molecule has 0 saturated heterocycles. The molecule has 0 aromatic heterocycles. The van der Waals surface area contributed by atoms with Gasteiger partial charge < -0.3 is 19.7 Å². The zero-order chi connectivity index (χ0) is 31.8. The van der Waals surface area contributed by atoms with Crippen LogP contribution in [-0.2, 0) is 19.1 Å². The van der Waals surface area contributed by atoms with Crippen molar-refractivity contribution < 1.29 is 29.3 Å². The molecule has 6 nitrogen and oxygen atoms in total. The minimum atomic E-state index is -0.810. The summed E-state index contributed by atoms with van der Waals surface area (Å²) in [6.45, 7) is 6.26. The number of hydrogen-bond acceptors (Lipinski definition) is 6. The van der Waals surface area contributed by atoms with Gasteiger partial charge in [-0.1, -0.05) is 134 Å². The number of ether oxygens (including phenoxy) is 2. The zero-order valence-electron chi connectivity index (χ0n) is 27.7. The highest BCUT2D eigenvalue weighted by atomic mass is 16.6. The smallest absolute Gasteiger partial charge is 0.306 e. The van der Waals surface area contributed by atoms with Crippen LogP contribution in [0.3, 0.4) is 0 Å². The van der Waals surface area contributed by atoms with Gasteiger partial charge in [0, 0.05) is 12.8 Å². The molecule has 0 fully saturated rings. The van der Waals surface area contributed by atoms with Crippen LogP contribution in [0, 0.1) is 5.92 Å². The van der Waals surface area contributed by atoms with E-state index in [1.165, 1.54) is 57.8 Å². The van der Waals surface area contributed by atoms with Gasteiger partial charge in [-0.25, -0.2) is 0 Å². The Kier molecular flexibility index (Phi) is 29.7. The summed E-state index contributed by atoms with van der Waals surface area (Å²) < 4.78 is 10.5. The van der Waals surface area contributed by atoms with Crippen LogP contribution < -0.4 is 0 Å². The van der Waals surface area contributed by atoms with Crippen molar-refractivity contribution in [2.24, 2.45) is 5.92 Å². The molecular weight excluding hydrogens is 540 g/mol. The Labute approximate surface area is 263 Å². The van der Waals surface area contributed by atoms with Gasteiger partial charge in [-0.3, -0.25) is 9.59 Å². The molecular formula is C37H64O6. The third kappa shape index (κ3) is 31.1.